The fraction of sp³-hybridized carbons (Fsp3) is 0.188. The molecule has 2 aromatic rings. The largest absolute Gasteiger partial charge is 0.525 e. The maximum atomic E-state index is 13.6. The maximum absolute atomic E-state index is 13.6. The first-order valence-electron chi connectivity index (χ1n) is 7.83. The quantitative estimate of drug-likeness (QED) is 0.393. The van der Waals surface area contributed by atoms with Gasteiger partial charge in [-0.1, -0.05) is 6.07 Å². The summed E-state index contributed by atoms with van der Waals surface area (Å²) >= 11 is 2.71. The van der Waals surface area contributed by atoms with Gasteiger partial charge in [-0.15, -0.1) is 13.2 Å². The molecular formula is C16H9BrF6N2O7. The molecule has 1 aromatic heterocycles. The van der Waals surface area contributed by atoms with Crippen molar-refractivity contribution in [3.63, 3.8) is 0 Å². The van der Waals surface area contributed by atoms with E-state index in [1.807, 2.05) is 4.98 Å². The van der Waals surface area contributed by atoms with E-state index in [-0.39, 0.29) is 5.56 Å². The number of carboxylic acids is 2. The van der Waals surface area contributed by atoms with Gasteiger partial charge >= 0.3 is 30.8 Å². The van der Waals surface area contributed by atoms with Gasteiger partial charge in [0.1, 0.15) is 22.7 Å². The lowest BCUT2D eigenvalue weighted by molar-refractivity contribution is -0.411. The zero-order chi connectivity index (χ0) is 24.6. The van der Waals surface area contributed by atoms with Crippen LogP contribution in [0.3, 0.4) is 0 Å². The third-order valence-electron chi connectivity index (χ3n) is 3.64. The van der Waals surface area contributed by atoms with E-state index in [4.69, 9.17) is 5.73 Å². The molecule has 0 bridgehead atoms. The lowest BCUT2D eigenvalue weighted by Crippen LogP contribution is -2.41. The van der Waals surface area contributed by atoms with Crippen molar-refractivity contribution in [2.24, 2.45) is 0 Å². The molecule has 174 valence electrons. The number of H-pyrrole nitrogens is 1. The molecule has 0 aliphatic carbocycles. The first-order chi connectivity index (χ1) is 14.5. The molecule has 2 rings (SSSR count). The minimum absolute atomic E-state index is 0.344. The Kier molecular flexibility index (Phi) is 6.79. The van der Waals surface area contributed by atoms with Crippen LogP contribution in [0.5, 0.6) is 5.75 Å². The van der Waals surface area contributed by atoms with E-state index in [0.717, 1.165) is 12.1 Å². The fourth-order valence-electron chi connectivity index (χ4n) is 2.45. The van der Waals surface area contributed by atoms with E-state index >= 15 is 0 Å². The Balaban J connectivity index is 2.57. The standard InChI is InChI=1S/C16H9BrF6N2O7/c17-5-3-4(1-2-6(5)31-15(19,20)14(18)32-16(21,22)23)7-8(12(27)28)10(24)25-11(26)9(7)13(29)30/h1-3,14H,(H,27,28)(H,29,30)(H3,24,25,26). The number of alkyl halides is 6. The fourth-order valence-corrected chi connectivity index (χ4v) is 2.91. The monoisotopic (exact) mass is 534 g/mol. The van der Waals surface area contributed by atoms with Gasteiger partial charge in [-0.25, -0.2) is 18.7 Å². The van der Waals surface area contributed by atoms with Crippen LogP contribution < -0.4 is 16.0 Å². The second-order valence-corrected chi connectivity index (χ2v) is 6.65. The highest BCUT2D eigenvalue weighted by atomic mass is 79.9. The van der Waals surface area contributed by atoms with Crippen LogP contribution in [0.4, 0.5) is 32.2 Å². The number of pyridine rings is 1. The van der Waals surface area contributed by atoms with Gasteiger partial charge in [0.25, 0.3) is 5.56 Å². The summed E-state index contributed by atoms with van der Waals surface area (Å²) < 4.78 is 82.4. The maximum Gasteiger partial charge on any atom is 0.525 e. The summed E-state index contributed by atoms with van der Waals surface area (Å²) in [5, 5.41) is 18.7. The zero-order valence-corrected chi connectivity index (χ0v) is 16.6. The highest BCUT2D eigenvalue weighted by Gasteiger charge is 2.50. The summed E-state index contributed by atoms with van der Waals surface area (Å²) in [4.78, 5) is 36.9. The number of nitrogens with one attached hydrogen (secondary N) is 1. The molecule has 5 N–H and O–H groups in total. The van der Waals surface area contributed by atoms with Crippen LogP contribution in [0, 0.1) is 0 Å². The van der Waals surface area contributed by atoms with Crippen LogP contribution in [0.15, 0.2) is 27.5 Å². The van der Waals surface area contributed by atoms with E-state index in [9.17, 15) is 50.9 Å². The van der Waals surface area contributed by atoms with Crippen molar-refractivity contribution in [1.29, 1.82) is 0 Å². The van der Waals surface area contributed by atoms with E-state index in [1.54, 1.807) is 0 Å². The molecule has 1 atom stereocenters. The first-order valence-corrected chi connectivity index (χ1v) is 8.62. The molecule has 0 radical (unpaired) electrons. The minimum Gasteiger partial charge on any atom is -0.478 e. The van der Waals surface area contributed by atoms with E-state index < -0.39 is 69.1 Å². The molecule has 0 fully saturated rings. The molecule has 0 saturated heterocycles. The predicted molar refractivity (Wildman–Crippen MR) is 96.1 cm³/mol. The van der Waals surface area contributed by atoms with Gasteiger partial charge in [0.2, 0.25) is 0 Å². The number of anilines is 1. The molecule has 0 amide bonds. The summed E-state index contributed by atoms with van der Waals surface area (Å²) in [5.74, 6) is -5.24. The Bertz CT molecular complexity index is 1140. The molecule has 1 unspecified atom stereocenters. The van der Waals surface area contributed by atoms with E-state index in [2.05, 4.69) is 25.4 Å². The summed E-state index contributed by atoms with van der Waals surface area (Å²) in [6, 6.07) is 2.22. The second-order valence-electron chi connectivity index (χ2n) is 5.79. The number of carbonyl (C=O) groups is 2. The number of aromatic amines is 1. The summed E-state index contributed by atoms with van der Waals surface area (Å²) in [6.07, 6.45) is -15.1. The highest BCUT2D eigenvalue weighted by Crippen LogP contribution is 2.38. The molecule has 0 saturated carbocycles. The summed E-state index contributed by atoms with van der Waals surface area (Å²) in [6.45, 7) is 0. The lowest BCUT2D eigenvalue weighted by Gasteiger charge is -2.23. The molecule has 9 nitrogen and oxygen atoms in total. The molecule has 16 heteroatoms. The summed E-state index contributed by atoms with van der Waals surface area (Å²) in [7, 11) is 0. The number of aromatic carboxylic acids is 2. The number of halogens is 7. The van der Waals surface area contributed by atoms with Crippen molar-refractivity contribution in [2.75, 3.05) is 5.73 Å². The number of hydrogen-bond donors (Lipinski definition) is 4. The molecule has 1 heterocycles. The zero-order valence-electron chi connectivity index (χ0n) is 15.0. The number of aromatic nitrogens is 1. The van der Waals surface area contributed by atoms with Gasteiger partial charge in [0, 0.05) is 5.56 Å². The molecular weight excluding hydrogens is 526 g/mol. The van der Waals surface area contributed by atoms with Crippen molar-refractivity contribution >= 4 is 33.7 Å². The van der Waals surface area contributed by atoms with Crippen molar-refractivity contribution in [3.05, 3.63) is 44.2 Å². The molecule has 1 aromatic carbocycles. The third kappa shape index (κ3) is 5.31. The Labute approximate surface area is 180 Å². The Morgan fingerprint density at radius 3 is 2.12 bits per heavy atom. The van der Waals surface area contributed by atoms with Crippen molar-refractivity contribution < 1.29 is 55.6 Å². The van der Waals surface area contributed by atoms with E-state index in [1.165, 1.54) is 0 Å². The first kappa shape index (κ1) is 25.0. The predicted octanol–water partition coefficient (Wildman–Crippen LogP) is 3.59. The van der Waals surface area contributed by atoms with Crippen molar-refractivity contribution in [1.82, 2.24) is 4.98 Å². The van der Waals surface area contributed by atoms with Gasteiger partial charge in [0.05, 0.1) is 4.47 Å². The van der Waals surface area contributed by atoms with Crippen molar-refractivity contribution in [2.45, 2.75) is 18.8 Å². The molecule has 32 heavy (non-hydrogen) atoms. The van der Waals surface area contributed by atoms with Gasteiger partial charge in [0.15, 0.2) is 0 Å². The SMILES string of the molecule is Nc1[nH]c(=O)c(C(=O)O)c(-c2ccc(OC(F)(F)C(F)OC(F)(F)F)c(Br)c2)c1C(=O)O. The van der Waals surface area contributed by atoms with Gasteiger partial charge in [-0.2, -0.15) is 8.78 Å². The van der Waals surface area contributed by atoms with Crippen LogP contribution in [0.25, 0.3) is 11.1 Å². The van der Waals surface area contributed by atoms with Crippen molar-refractivity contribution in [3.8, 4) is 16.9 Å². The van der Waals surface area contributed by atoms with Gasteiger partial charge < -0.3 is 25.7 Å². The number of nitrogens with two attached hydrogens (primary N) is 1. The van der Waals surface area contributed by atoms with Gasteiger partial charge in [-0.3, -0.25) is 4.79 Å². The van der Waals surface area contributed by atoms with Crippen LogP contribution in [-0.2, 0) is 4.74 Å². The number of rotatable bonds is 7. The molecule has 0 aliphatic rings. The third-order valence-corrected chi connectivity index (χ3v) is 4.26. The summed E-state index contributed by atoms with van der Waals surface area (Å²) in [5.41, 5.74) is 1.24. The number of hydrogen-bond acceptors (Lipinski definition) is 6. The molecule has 0 spiro atoms. The smallest absolute Gasteiger partial charge is 0.478 e. The molecule has 0 aliphatic heterocycles. The Hall–Kier alpha value is -3.27. The number of carboxylic acid groups (broad SMARTS) is 2. The van der Waals surface area contributed by atoms with Crippen LogP contribution in [0.1, 0.15) is 20.7 Å². The average molecular weight is 535 g/mol. The topological polar surface area (TPSA) is 152 Å². The number of ether oxygens (including phenoxy) is 2. The van der Waals surface area contributed by atoms with Crippen LogP contribution in [-0.4, -0.2) is 46.0 Å². The van der Waals surface area contributed by atoms with Gasteiger partial charge in [-0.05, 0) is 33.6 Å². The average Bonchev–Trinajstić information content (AvgIpc) is 2.60. The minimum atomic E-state index is -5.73. The van der Waals surface area contributed by atoms with E-state index in [0.29, 0.717) is 6.07 Å². The second kappa shape index (κ2) is 8.70. The normalized spacial score (nSPS) is 13.0. The lowest BCUT2D eigenvalue weighted by atomic mass is 9.95. The van der Waals surface area contributed by atoms with Crippen LogP contribution >= 0.6 is 15.9 Å². The number of nitrogen functional groups attached to an aromatic ring is 1. The highest BCUT2D eigenvalue weighted by molar-refractivity contribution is 9.10. The Morgan fingerprint density at radius 2 is 1.66 bits per heavy atom. The van der Waals surface area contributed by atoms with Crippen LogP contribution in [0.2, 0.25) is 0 Å². The Morgan fingerprint density at radius 1 is 1.09 bits per heavy atom. The number of benzene rings is 1.